The minimum absolute atomic E-state index is 0.131. The summed E-state index contributed by atoms with van der Waals surface area (Å²) in [6, 6.07) is 9.06. The summed E-state index contributed by atoms with van der Waals surface area (Å²) >= 11 is 0. The van der Waals surface area contributed by atoms with Gasteiger partial charge in [-0.05, 0) is 55.9 Å². The van der Waals surface area contributed by atoms with Gasteiger partial charge in [-0.3, -0.25) is 9.48 Å². The highest BCUT2D eigenvalue weighted by Crippen LogP contribution is 2.22. The Hall–Kier alpha value is -3.49. The molecule has 1 aliphatic rings. The van der Waals surface area contributed by atoms with Gasteiger partial charge in [0.2, 0.25) is 5.88 Å². The van der Waals surface area contributed by atoms with Gasteiger partial charge in [-0.2, -0.15) is 5.10 Å². The predicted molar refractivity (Wildman–Crippen MR) is 114 cm³/mol. The molecule has 0 aromatic carbocycles. The van der Waals surface area contributed by atoms with Crippen LogP contribution in [0.2, 0.25) is 0 Å². The number of carboxylic acids is 1. The first-order chi connectivity index (χ1) is 15.1. The Balaban J connectivity index is 1.40. The number of aliphatic carboxylic acids is 1. The van der Waals surface area contributed by atoms with Gasteiger partial charge in [-0.1, -0.05) is 6.07 Å². The van der Waals surface area contributed by atoms with Gasteiger partial charge in [0.25, 0.3) is 0 Å². The van der Waals surface area contributed by atoms with Crippen molar-refractivity contribution < 1.29 is 14.6 Å². The molecule has 0 amide bonds. The monoisotopic (exact) mass is 422 g/mol. The third-order valence-corrected chi connectivity index (χ3v) is 5.38. The number of methoxy groups -OCH3 is 1. The Labute approximate surface area is 180 Å². The maximum absolute atomic E-state index is 11.4. The second kappa shape index (κ2) is 9.55. The van der Waals surface area contributed by atoms with Gasteiger partial charge in [-0.25, -0.2) is 4.98 Å². The summed E-state index contributed by atoms with van der Waals surface area (Å²) in [5.41, 5.74) is 3.81. The maximum Gasteiger partial charge on any atom is 0.305 e. The number of nitrogens with one attached hydrogen (secondary N) is 1. The van der Waals surface area contributed by atoms with Gasteiger partial charge in [0.15, 0.2) is 0 Å². The molecule has 0 bridgehead atoms. The number of aryl methyl sites for hydroxylation is 3. The molecular formula is C22H26N6O3. The topological polar surface area (TPSA) is 115 Å². The summed E-state index contributed by atoms with van der Waals surface area (Å²) in [5, 5.41) is 25.4. The van der Waals surface area contributed by atoms with Crippen LogP contribution < -0.4 is 10.1 Å². The van der Waals surface area contributed by atoms with Crippen molar-refractivity contribution in [2.24, 2.45) is 0 Å². The molecule has 162 valence electrons. The molecule has 3 aromatic heterocycles. The number of ether oxygens (including phenoxy) is 1. The quantitative estimate of drug-likeness (QED) is 0.541. The van der Waals surface area contributed by atoms with Gasteiger partial charge in [0.1, 0.15) is 11.9 Å². The Morgan fingerprint density at radius 2 is 2.06 bits per heavy atom. The minimum atomic E-state index is -0.924. The van der Waals surface area contributed by atoms with E-state index >= 15 is 0 Å². The average molecular weight is 422 g/mol. The summed E-state index contributed by atoms with van der Waals surface area (Å²) in [5.74, 6) is 0.474. The van der Waals surface area contributed by atoms with Crippen LogP contribution in [0.25, 0.3) is 0 Å². The number of carbonyl (C=O) groups is 1. The summed E-state index contributed by atoms with van der Waals surface area (Å²) in [6.07, 6.45) is 6.47. The number of rotatable bonds is 9. The molecule has 0 saturated heterocycles. The molecule has 0 spiro atoms. The highest BCUT2D eigenvalue weighted by atomic mass is 16.5. The van der Waals surface area contributed by atoms with Crippen LogP contribution in [-0.4, -0.2) is 49.7 Å². The van der Waals surface area contributed by atoms with Crippen molar-refractivity contribution in [1.82, 2.24) is 25.0 Å². The largest absolute Gasteiger partial charge is 0.481 e. The normalized spacial score (nSPS) is 13.8. The Morgan fingerprint density at radius 3 is 2.84 bits per heavy atom. The molecule has 9 nitrogen and oxygen atoms in total. The molecule has 1 unspecified atom stereocenters. The molecule has 3 aromatic rings. The van der Waals surface area contributed by atoms with E-state index < -0.39 is 12.0 Å². The zero-order chi connectivity index (χ0) is 21.6. The highest BCUT2D eigenvalue weighted by molar-refractivity contribution is 5.67. The molecule has 31 heavy (non-hydrogen) atoms. The number of carboxylic acid groups (broad SMARTS) is 1. The first-order valence-electron chi connectivity index (χ1n) is 10.5. The van der Waals surface area contributed by atoms with Crippen molar-refractivity contribution in [3.8, 4) is 5.88 Å². The first-order valence-corrected chi connectivity index (χ1v) is 10.5. The van der Waals surface area contributed by atoms with Crippen molar-refractivity contribution in [3.63, 3.8) is 0 Å². The van der Waals surface area contributed by atoms with Crippen molar-refractivity contribution in [1.29, 1.82) is 0 Å². The Kier molecular flexibility index (Phi) is 6.40. The lowest BCUT2D eigenvalue weighted by Crippen LogP contribution is -2.17. The van der Waals surface area contributed by atoms with Crippen molar-refractivity contribution in [2.75, 3.05) is 19.0 Å². The van der Waals surface area contributed by atoms with Gasteiger partial charge in [-0.15, -0.1) is 10.2 Å². The second-order valence-electron chi connectivity index (χ2n) is 7.60. The van der Waals surface area contributed by atoms with Crippen molar-refractivity contribution in [2.45, 2.75) is 44.6 Å². The van der Waals surface area contributed by atoms with Crippen LogP contribution in [0.3, 0.4) is 0 Å². The molecule has 0 aliphatic carbocycles. The lowest BCUT2D eigenvalue weighted by molar-refractivity contribution is -0.137. The molecule has 2 N–H and O–H groups in total. The van der Waals surface area contributed by atoms with Crippen LogP contribution in [0.5, 0.6) is 5.88 Å². The fraction of sp³-hybridized carbons (Fsp3) is 0.409. The van der Waals surface area contributed by atoms with Crippen LogP contribution in [0, 0.1) is 0 Å². The van der Waals surface area contributed by atoms with E-state index in [4.69, 9.17) is 9.72 Å². The molecule has 4 rings (SSSR count). The van der Waals surface area contributed by atoms with Crippen molar-refractivity contribution >= 4 is 11.8 Å². The Morgan fingerprint density at radius 1 is 1.19 bits per heavy atom. The first kappa shape index (κ1) is 20.8. The van der Waals surface area contributed by atoms with E-state index in [2.05, 4.69) is 32.7 Å². The summed E-state index contributed by atoms with van der Waals surface area (Å²) in [6.45, 7) is 0.983. The second-order valence-corrected chi connectivity index (χ2v) is 7.60. The zero-order valence-electron chi connectivity index (χ0n) is 17.5. The summed E-state index contributed by atoms with van der Waals surface area (Å²) in [7, 11) is 1.51. The zero-order valence-corrected chi connectivity index (χ0v) is 17.5. The van der Waals surface area contributed by atoms with Gasteiger partial charge >= 0.3 is 5.97 Å². The molecule has 1 atom stereocenters. The predicted octanol–water partition coefficient (Wildman–Crippen LogP) is 2.67. The summed E-state index contributed by atoms with van der Waals surface area (Å²) < 4.78 is 6.68. The van der Waals surface area contributed by atoms with Crippen LogP contribution in [0.15, 0.2) is 36.5 Å². The number of fused-ring (bicyclic) bond motifs is 1. The standard InChI is InChI=1S/C22H26N6O3/c1-31-20-10-9-18(25-26-20)19(14-21(29)30)28-13-11-17(27-28)6-2-5-16-8-7-15-4-3-12-23-22(15)24-16/h7-11,13,19H,2-6,12,14H2,1H3,(H,23,24)(H,29,30). The molecule has 0 fully saturated rings. The number of hydrogen-bond acceptors (Lipinski definition) is 7. The van der Waals surface area contributed by atoms with Gasteiger partial charge < -0.3 is 15.2 Å². The number of pyridine rings is 1. The number of aromatic nitrogens is 5. The highest BCUT2D eigenvalue weighted by Gasteiger charge is 2.21. The molecule has 4 heterocycles. The van der Waals surface area contributed by atoms with E-state index in [9.17, 15) is 9.90 Å². The third kappa shape index (κ3) is 5.17. The molecular weight excluding hydrogens is 396 g/mol. The number of hydrogen-bond donors (Lipinski definition) is 2. The molecule has 9 heteroatoms. The third-order valence-electron chi connectivity index (χ3n) is 5.38. The maximum atomic E-state index is 11.4. The average Bonchev–Trinajstić information content (AvgIpc) is 3.26. The minimum Gasteiger partial charge on any atom is -0.481 e. The van der Waals surface area contributed by atoms with E-state index in [0.717, 1.165) is 55.9 Å². The van der Waals surface area contributed by atoms with E-state index in [-0.39, 0.29) is 6.42 Å². The van der Waals surface area contributed by atoms with Crippen LogP contribution in [-0.2, 0) is 24.1 Å². The van der Waals surface area contributed by atoms with E-state index in [1.807, 2.05) is 6.07 Å². The van der Waals surface area contributed by atoms with E-state index in [0.29, 0.717) is 11.6 Å². The molecule has 1 aliphatic heterocycles. The molecule has 0 saturated carbocycles. The lowest BCUT2D eigenvalue weighted by Gasteiger charge is -2.17. The smallest absolute Gasteiger partial charge is 0.305 e. The fourth-order valence-corrected chi connectivity index (χ4v) is 3.76. The Bertz CT molecular complexity index is 1030. The number of nitrogens with zero attached hydrogens (tertiary/aromatic N) is 5. The van der Waals surface area contributed by atoms with Gasteiger partial charge in [0.05, 0.1) is 24.9 Å². The summed E-state index contributed by atoms with van der Waals surface area (Å²) in [4.78, 5) is 16.1. The fourth-order valence-electron chi connectivity index (χ4n) is 3.76. The SMILES string of the molecule is COc1ccc(C(CC(=O)O)n2ccc(CCCc3ccc4c(n3)NCCC4)n2)nn1. The van der Waals surface area contributed by atoms with Crippen molar-refractivity contribution in [3.05, 3.63) is 59.2 Å². The lowest BCUT2D eigenvalue weighted by atomic mass is 10.1. The molecule has 0 radical (unpaired) electrons. The number of anilines is 1. The van der Waals surface area contributed by atoms with Crippen LogP contribution >= 0.6 is 0 Å². The van der Waals surface area contributed by atoms with Crippen LogP contribution in [0.1, 0.15) is 47.9 Å². The van der Waals surface area contributed by atoms with Crippen LogP contribution in [0.4, 0.5) is 5.82 Å². The van der Waals surface area contributed by atoms with E-state index in [1.54, 1.807) is 23.0 Å². The van der Waals surface area contributed by atoms with E-state index in [1.165, 1.54) is 12.7 Å². The van der Waals surface area contributed by atoms with Gasteiger partial charge in [0, 0.05) is 24.5 Å².